The number of aliphatic imine (C=N–C) groups is 1. The number of carbonyl (C=O) groups is 1. The summed E-state index contributed by atoms with van der Waals surface area (Å²) in [4.78, 5) is 26.3. The van der Waals surface area contributed by atoms with Crippen LogP contribution in [0.15, 0.2) is 66.0 Å². The molecule has 170 valence electrons. The fourth-order valence-electron chi connectivity index (χ4n) is 4.38. The van der Waals surface area contributed by atoms with Crippen molar-refractivity contribution in [2.45, 2.75) is 25.4 Å². The van der Waals surface area contributed by atoms with Crippen LogP contribution in [-0.4, -0.2) is 45.7 Å². The van der Waals surface area contributed by atoms with E-state index in [0.29, 0.717) is 31.1 Å². The number of imidazole rings is 1. The summed E-state index contributed by atoms with van der Waals surface area (Å²) in [5, 5.41) is 6.47. The molecule has 0 aliphatic carbocycles. The van der Waals surface area contributed by atoms with Gasteiger partial charge in [-0.1, -0.05) is 12.1 Å². The molecule has 0 spiro atoms. The van der Waals surface area contributed by atoms with E-state index >= 15 is 0 Å². The summed E-state index contributed by atoms with van der Waals surface area (Å²) in [5.74, 6) is 0.591. The zero-order chi connectivity index (χ0) is 22.9. The van der Waals surface area contributed by atoms with Crippen molar-refractivity contribution in [3.05, 3.63) is 77.7 Å². The Hall–Kier alpha value is -4.04. The molecule has 4 aromatic rings. The van der Waals surface area contributed by atoms with Crippen molar-refractivity contribution in [2.24, 2.45) is 4.99 Å². The molecule has 1 fully saturated rings. The molecule has 2 N–H and O–H groups in total. The molecule has 8 nitrogen and oxygen atoms in total. The van der Waals surface area contributed by atoms with E-state index in [1.807, 2.05) is 47.3 Å². The van der Waals surface area contributed by atoms with Crippen molar-refractivity contribution < 1.29 is 9.53 Å². The quantitative estimate of drug-likeness (QED) is 0.478. The van der Waals surface area contributed by atoms with E-state index in [0.717, 1.165) is 41.0 Å². The maximum Gasteiger partial charge on any atom is 0.251 e. The first kappa shape index (κ1) is 20.6. The largest absolute Gasteiger partial charge is 0.381 e. The summed E-state index contributed by atoms with van der Waals surface area (Å²) >= 11 is 0. The van der Waals surface area contributed by atoms with Gasteiger partial charge in [-0.15, -0.1) is 0 Å². The Morgan fingerprint density at radius 2 is 1.94 bits per heavy atom. The first-order chi connectivity index (χ1) is 16.7. The SMILES string of the molecule is O=C(NC1CCOCC1)c1ccc(Nc2nc(-c3ccc4c(c3)CN=C4)cn3ccnc23)cc1. The molecule has 1 amide bonds. The van der Waals surface area contributed by atoms with Gasteiger partial charge in [0.2, 0.25) is 0 Å². The first-order valence-electron chi connectivity index (χ1n) is 11.5. The Morgan fingerprint density at radius 1 is 1.09 bits per heavy atom. The Balaban J connectivity index is 1.24. The van der Waals surface area contributed by atoms with E-state index in [9.17, 15) is 4.79 Å². The van der Waals surface area contributed by atoms with E-state index in [2.05, 4.69) is 38.8 Å². The number of fused-ring (bicyclic) bond motifs is 2. The lowest BCUT2D eigenvalue weighted by molar-refractivity contribution is 0.0696. The average Bonchev–Trinajstić information content (AvgIpc) is 3.54. The second-order valence-corrected chi connectivity index (χ2v) is 8.58. The fourth-order valence-corrected chi connectivity index (χ4v) is 4.38. The topological polar surface area (TPSA) is 92.9 Å². The van der Waals surface area contributed by atoms with Gasteiger partial charge in [-0.05, 0) is 54.3 Å². The second kappa shape index (κ2) is 8.72. The van der Waals surface area contributed by atoms with Gasteiger partial charge in [-0.25, -0.2) is 9.97 Å². The van der Waals surface area contributed by atoms with Gasteiger partial charge >= 0.3 is 0 Å². The maximum atomic E-state index is 12.6. The Bertz CT molecular complexity index is 1390. The number of anilines is 2. The number of rotatable bonds is 5. The Kier molecular flexibility index (Phi) is 5.27. The van der Waals surface area contributed by atoms with Gasteiger partial charge in [-0.3, -0.25) is 9.79 Å². The average molecular weight is 453 g/mol. The van der Waals surface area contributed by atoms with Crippen LogP contribution in [0.2, 0.25) is 0 Å². The summed E-state index contributed by atoms with van der Waals surface area (Å²) in [6.45, 7) is 2.10. The van der Waals surface area contributed by atoms with Crippen molar-refractivity contribution in [3.63, 3.8) is 0 Å². The predicted octanol–water partition coefficient (Wildman–Crippen LogP) is 3.98. The fraction of sp³-hybridized carbons (Fsp3) is 0.231. The van der Waals surface area contributed by atoms with Crippen molar-refractivity contribution in [1.29, 1.82) is 0 Å². The number of hydrogen-bond acceptors (Lipinski definition) is 6. The molecule has 1 saturated heterocycles. The molecule has 2 aromatic heterocycles. The van der Waals surface area contributed by atoms with E-state index in [1.54, 1.807) is 6.20 Å². The number of nitrogens with zero attached hydrogens (tertiary/aromatic N) is 4. The van der Waals surface area contributed by atoms with Crippen LogP contribution in [0, 0.1) is 0 Å². The van der Waals surface area contributed by atoms with Crippen LogP contribution in [0.1, 0.15) is 34.3 Å². The molecule has 34 heavy (non-hydrogen) atoms. The van der Waals surface area contributed by atoms with Gasteiger partial charge in [0.05, 0.1) is 12.2 Å². The lowest BCUT2D eigenvalue weighted by atomic mass is 10.0. The molecule has 0 bridgehead atoms. The summed E-state index contributed by atoms with van der Waals surface area (Å²) in [6.07, 6.45) is 9.26. The summed E-state index contributed by atoms with van der Waals surface area (Å²) in [6, 6.07) is 13.9. The molecule has 0 atom stereocenters. The summed E-state index contributed by atoms with van der Waals surface area (Å²) < 4.78 is 7.32. The van der Waals surface area contributed by atoms with Crippen molar-refractivity contribution in [3.8, 4) is 11.3 Å². The maximum absolute atomic E-state index is 12.6. The molecule has 4 heterocycles. The normalized spacial score (nSPS) is 15.4. The molecule has 2 aliphatic rings. The lowest BCUT2D eigenvalue weighted by Gasteiger charge is -2.23. The van der Waals surface area contributed by atoms with Crippen LogP contribution in [0.4, 0.5) is 11.5 Å². The third-order valence-electron chi connectivity index (χ3n) is 6.27. The van der Waals surface area contributed by atoms with Gasteiger partial charge in [-0.2, -0.15) is 0 Å². The monoisotopic (exact) mass is 452 g/mol. The van der Waals surface area contributed by atoms with Gasteiger partial charge < -0.3 is 19.8 Å². The first-order valence-corrected chi connectivity index (χ1v) is 11.5. The summed E-state index contributed by atoms with van der Waals surface area (Å²) in [5.41, 5.74) is 6.43. The minimum absolute atomic E-state index is 0.0604. The smallest absolute Gasteiger partial charge is 0.251 e. The molecule has 2 aromatic carbocycles. The zero-order valence-corrected chi connectivity index (χ0v) is 18.6. The van der Waals surface area contributed by atoms with Crippen LogP contribution < -0.4 is 10.6 Å². The van der Waals surface area contributed by atoms with Crippen LogP contribution in [-0.2, 0) is 11.3 Å². The third-order valence-corrected chi connectivity index (χ3v) is 6.27. The van der Waals surface area contributed by atoms with Crippen LogP contribution >= 0.6 is 0 Å². The van der Waals surface area contributed by atoms with Crippen LogP contribution in [0.5, 0.6) is 0 Å². The van der Waals surface area contributed by atoms with Gasteiger partial charge in [0.1, 0.15) is 0 Å². The molecular weight excluding hydrogens is 428 g/mol. The molecule has 0 radical (unpaired) electrons. The number of amides is 1. The summed E-state index contributed by atoms with van der Waals surface area (Å²) in [7, 11) is 0. The molecule has 2 aliphatic heterocycles. The zero-order valence-electron chi connectivity index (χ0n) is 18.6. The highest BCUT2D eigenvalue weighted by Gasteiger charge is 2.17. The van der Waals surface area contributed by atoms with Crippen molar-refractivity contribution >= 4 is 29.3 Å². The predicted molar refractivity (Wildman–Crippen MR) is 131 cm³/mol. The highest BCUT2D eigenvalue weighted by molar-refractivity contribution is 5.95. The molecule has 0 saturated carbocycles. The molecular formula is C26H24N6O2. The van der Waals surface area contributed by atoms with Crippen molar-refractivity contribution in [1.82, 2.24) is 19.7 Å². The Labute approximate surface area is 196 Å². The van der Waals surface area contributed by atoms with Crippen molar-refractivity contribution in [2.75, 3.05) is 18.5 Å². The number of carbonyl (C=O) groups excluding carboxylic acids is 1. The van der Waals surface area contributed by atoms with E-state index in [-0.39, 0.29) is 11.9 Å². The van der Waals surface area contributed by atoms with Crippen LogP contribution in [0.3, 0.4) is 0 Å². The molecule has 0 unspecified atom stereocenters. The minimum Gasteiger partial charge on any atom is -0.381 e. The highest BCUT2D eigenvalue weighted by Crippen LogP contribution is 2.27. The highest BCUT2D eigenvalue weighted by atomic mass is 16.5. The van der Waals surface area contributed by atoms with Gasteiger partial charge in [0, 0.05) is 60.9 Å². The number of ether oxygens (including phenoxy) is 1. The molecule has 6 rings (SSSR count). The second-order valence-electron chi connectivity index (χ2n) is 8.58. The lowest BCUT2D eigenvalue weighted by Crippen LogP contribution is -2.38. The number of nitrogens with one attached hydrogen (secondary N) is 2. The van der Waals surface area contributed by atoms with E-state index < -0.39 is 0 Å². The van der Waals surface area contributed by atoms with Gasteiger partial charge in [0.25, 0.3) is 5.91 Å². The van der Waals surface area contributed by atoms with E-state index in [1.165, 1.54) is 5.56 Å². The number of hydrogen-bond donors (Lipinski definition) is 2. The number of benzene rings is 2. The van der Waals surface area contributed by atoms with E-state index in [4.69, 9.17) is 9.72 Å². The van der Waals surface area contributed by atoms with Gasteiger partial charge in [0.15, 0.2) is 11.5 Å². The standard InChI is InChI=1S/C26H24N6O2/c33-26(30-22-7-11-34-12-8-22)17-3-5-21(6-4-17)29-24-25-28-9-10-32(25)16-23(31-24)18-1-2-19-14-27-15-20(19)13-18/h1-6,9-10,13-14,16,22H,7-8,11-12,15H2,(H,29,31)(H,30,33). The molecule has 8 heteroatoms. The van der Waals surface area contributed by atoms with Crippen LogP contribution in [0.25, 0.3) is 16.9 Å². The minimum atomic E-state index is -0.0604. The third kappa shape index (κ3) is 4.04. The number of aromatic nitrogens is 3. The Morgan fingerprint density at radius 3 is 2.79 bits per heavy atom.